The summed E-state index contributed by atoms with van der Waals surface area (Å²) in [4.78, 5) is 0. The van der Waals surface area contributed by atoms with Gasteiger partial charge in [0.2, 0.25) is 0 Å². The normalized spacial score (nSPS) is 18.0. The lowest BCUT2D eigenvalue weighted by Gasteiger charge is -2.17. The molecule has 0 spiro atoms. The van der Waals surface area contributed by atoms with E-state index in [1.807, 2.05) is 12.1 Å². The van der Waals surface area contributed by atoms with Gasteiger partial charge in [-0.1, -0.05) is 18.2 Å². The second-order valence-corrected chi connectivity index (χ2v) is 3.68. The topological polar surface area (TPSA) is 46.2 Å². The summed E-state index contributed by atoms with van der Waals surface area (Å²) in [5, 5.41) is 9.20. The monoisotopic (exact) mass is 177 g/mol. The Morgan fingerprint density at radius 2 is 1.85 bits per heavy atom. The summed E-state index contributed by atoms with van der Waals surface area (Å²) in [7, 11) is 0. The molecule has 0 aliphatic heterocycles. The lowest BCUT2D eigenvalue weighted by Crippen LogP contribution is -2.10. The largest absolute Gasteiger partial charge is 0.375 e. The highest BCUT2D eigenvalue weighted by molar-refractivity contribution is 5.34. The maximum Gasteiger partial charge on any atom is 0.128 e. The standard InChI is InChI=1S/C11H15NO/c12-11(13)10-6-5-8-3-1-2-4-9(8)7-10/h5-7,11,13H,1-4,12H2. The first kappa shape index (κ1) is 8.73. The predicted octanol–water partition coefficient (Wildman–Crippen LogP) is 1.52. The van der Waals surface area contributed by atoms with Crippen molar-refractivity contribution in [3.05, 3.63) is 34.9 Å². The smallest absolute Gasteiger partial charge is 0.128 e. The predicted molar refractivity (Wildman–Crippen MR) is 52.2 cm³/mol. The van der Waals surface area contributed by atoms with Gasteiger partial charge in [0.05, 0.1) is 0 Å². The van der Waals surface area contributed by atoms with Crippen LogP contribution >= 0.6 is 0 Å². The fourth-order valence-corrected chi connectivity index (χ4v) is 1.94. The summed E-state index contributed by atoms with van der Waals surface area (Å²) in [5.74, 6) is 0. The van der Waals surface area contributed by atoms with E-state index in [-0.39, 0.29) is 0 Å². The SMILES string of the molecule is NC(O)c1ccc2c(c1)CCCC2. The van der Waals surface area contributed by atoms with E-state index >= 15 is 0 Å². The van der Waals surface area contributed by atoms with Gasteiger partial charge in [-0.2, -0.15) is 0 Å². The molecule has 2 rings (SSSR count). The first-order valence-electron chi connectivity index (χ1n) is 4.83. The van der Waals surface area contributed by atoms with Crippen molar-refractivity contribution in [2.75, 3.05) is 0 Å². The van der Waals surface area contributed by atoms with E-state index in [0.29, 0.717) is 0 Å². The van der Waals surface area contributed by atoms with E-state index in [1.165, 1.54) is 30.4 Å². The summed E-state index contributed by atoms with van der Waals surface area (Å²) in [6.45, 7) is 0. The van der Waals surface area contributed by atoms with Crippen molar-refractivity contribution in [1.82, 2.24) is 0 Å². The van der Waals surface area contributed by atoms with Crippen molar-refractivity contribution in [3.63, 3.8) is 0 Å². The quantitative estimate of drug-likeness (QED) is 0.639. The van der Waals surface area contributed by atoms with Crippen LogP contribution in [0.15, 0.2) is 18.2 Å². The van der Waals surface area contributed by atoms with Crippen molar-refractivity contribution in [1.29, 1.82) is 0 Å². The highest BCUT2D eigenvalue weighted by Gasteiger charge is 2.10. The summed E-state index contributed by atoms with van der Waals surface area (Å²) in [6.07, 6.45) is 4.04. The van der Waals surface area contributed by atoms with Crippen LogP contribution < -0.4 is 5.73 Å². The van der Waals surface area contributed by atoms with Crippen LogP contribution in [0, 0.1) is 0 Å². The molecule has 1 aliphatic carbocycles. The molecule has 13 heavy (non-hydrogen) atoms. The molecule has 0 fully saturated rings. The Balaban J connectivity index is 2.35. The van der Waals surface area contributed by atoms with Crippen LogP contribution in [0.2, 0.25) is 0 Å². The van der Waals surface area contributed by atoms with E-state index in [2.05, 4.69) is 6.07 Å². The van der Waals surface area contributed by atoms with Crippen LogP contribution in [0.1, 0.15) is 35.8 Å². The zero-order chi connectivity index (χ0) is 9.26. The number of hydrogen-bond acceptors (Lipinski definition) is 2. The van der Waals surface area contributed by atoms with Gasteiger partial charge in [-0.05, 0) is 42.4 Å². The van der Waals surface area contributed by atoms with Crippen molar-refractivity contribution >= 4 is 0 Å². The van der Waals surface area contributed by atoms with Gasteiger partial charge in [0, 0.05) is 0 Å². The van der Waals surface area contributed by atoms with Crippen LogP contribution in [-0.2, 0) is 12.8 Å². The molecule has 1 aliphatic rings. The number of hydrogen-bond donors (Lipinski definition) is 2. The Morgan fingerprint density at radius 1 is 1.15 bits per heavy atom. The maximum absolute atomic E-state index is 9.20. The van der Waals surface area contributed by atoms with E-state index in [4.69, 9.17) is 5.73 Å². The van der Waals surface area contributed by atoms with Crippen LogP contribution in [0.4, 0.5) is 0 Å². The highest BCUT2D eigenvalue weighted by Crippen LogP contribution is 2.23. The molecule has 0 radical (unpaired) electrons. The van der Waals surface area contributed by atoms with Crippen LogP contribution in [-0.4, -0.2) is 5.11 Å². The molecule has 1 unspecified atom stereocenters. The number of rotatable bonds is 1. The lowest BCUT2D eigenvalue weighted by atomic mass is 9.90. The summed E-state index contributed by atoms with van der Waals surface area (Å²) in [6, 6.07) is 6.06. The fraction of sp³-hybridized carbons (Fsp3) is 0.455. The van der Waals surface area contributed by atoms with E-state index in [0.717, 1.165) is 12.0 Å². The van der Waals surface area contributed by atoms with Gasteiger partial charge >= 0.3 is 0 Å². The number of nitrogens with two attached hydrogens (primary N) is 1. The van der Waals surface area contributed by atoms with Gasteiger partial charge in [0.1, 0.15) is 6.23 Å². The second kappa shape index (κ2) is 3.48. The lowest BCUT2D eigenvalue weighted by molar-refractivity contribution is 0.186. The minimum Gasteiger partial charge on any atom is -0.375 e. The molecule has 0 aromatic heterocycles. The van der Waals surface area contributed by atoms with Crippen molar-refractivity contribution in [3.8, 4) is 0 Å². The zero-order valence-corrected chi connectivity index (χ0v) is 7.66. The van der Waals surface area contributed by atoms with Crippen molar-refractivity contribution in [2.45, 2.75) is 31.9 Å². The molecule has 2 heteroatoms. The van der Waals surface area contributed by atoms with Gasteiger partial charge in [0.15, 0.2) is 0 Å². The van der Waals surface area contributed by atoms with Gasteiger partial charge in [0.25, 0.3) is 0 Å². The van der Waals surface area contributed by atoms with Crippen LogP contribution in [0.3, 0.4) is 0 Å². The van der Waals surface area contributed by atoms with Gasteiger partial charge < -0.3 is 10.8 Å². The third-order valence-electron chi connectivity index (χ3n) is 2.71. The Kier molecular flexibility index (Phi) is 2.34. The number of aryl methyl sites for hydroxylation is 2. The zero-order valence-electron chi connectivity index (χ0n) is 7.66. The average Bonchev–Trinajstić information content (AvgIpc) is 2.17. The number of aliphatic hydroxyl groups excluding tert-OH is 1. The minimum absolute atomic E-state index is 0.827. The molecular formula is C11H15NO. The highest BCUT2D eigenvalue weighted by atomic mass is 16.3. The Hall–Kier alpha value is -0.860. The average molecular weight is 177 g/mol. The van der Waals surface area contributed by atoms with Gasteiger partial charge in [-0.25, -0.2) is 0 Å². The molecule has 2 nitrogen and oxygen atoms in total. The number of aliphatic hydroxyl groups is 1. The van der Waals surface area contributed by atoms with E-state index < -0.39 is 6.23 Å². The second-order valence-electron chi connectivity index (χ2n) is 3.68. The van der Waals surface area contributed by atoms with Crippen molar-refractivity contribution in [2.24, 2.45) is 5.73 Å². The molecule has 0 saturated carbocycles. The van der Waals surface area contributed by atoms with Crippen LogP contribution in [0.5, 0.6) is 0 Å². The molecule has 0 saturated heterocycles. The molecule has 0 amide bonds. The third kappa shape index (κ3) is 1.74. The molecule has 70 valence electrons. The van der Waals surface area contributed by atoms with Gasteiger partial charge in [-0.3, -0.25) is 0 Å². The van der Waals surface area contributed by atoms with Gasteiger partial charge in [-0.15, -0.1) is 0 Å². The molecule has 1 atom stereocenters. The maximum atomic E-state index is 9.20. The summed E-state index contributed by atoms with van der Waals surface area (Å²) < 4.78 is 0. The number of benzene rings is 1. The Morgan fingerprint density at radius 3 is 2.54 bits per heavy atom. The first-order chi connectivity index (χ1) is 6.27. The molecule has 0 bridgehead atoms. The molecule has 1 aromatic rings. The van der Waals surface area contributed by atoms with Crippen molar-refractivity contribution < 1.29 is 5.11 Å². The molecule has 0 heterocycles. The Bertz CT molecular complexity index is 307. The molecule has 3 N–H and O–H groups in total. The first-order valence-corrected chi connectivity index (χ1v) is 4.83. The van der Waals surface area contributed by atoms with E-state index in [9.17, 15) is 5.11 Å². The molecule has 1 aromatic carbocycles. The third-order valence-corrected chi connectivity index (χ3v) is 2.71. The Labute approximate surface area is 78.4 Å². The summed E-state index contributed by atoms with van der Waals surface area (Å²) in [5.41, 5.74) is 9.03. The van der Waals surface area contributed by atoms with E-state index in [1.54, 1.807) is 0 Å². The van der Waals surface area contributed by atoms with Crippen LogP contribution in [0.25, 0.3) is 0 Å². The number of fused-ring (bicyclic) bond motifs is 1. The molecular weight excluding hydrogens is 162 g/mol. The fourth-order valence-electron chi connectivity index (χ4n) is 1.94. The minimum atomic E-state index is -0.827. The summed E-state index contributed by atoms with van der Waals surface area (Å²) >= 11 is 0.